The molecule has 0 saturated carbocycles. The molecule has 0 aromatic heterocycles. The van der Waals surface area contributed by atoms with Crippen LogP contribution in [-0.4, -0.2) is 64.9 Å². The Labute approximate surface area is 137 Å². The molecule has 122 valence electrons. The van der Waals surface area contributed by atoms with Gasteiger partial charge in [-0.25, -0.2) is 0 Å². The molecule has 1 heterocycles. The fourth-order valence-electron chi connectivity index (χ4n) is 3.00. The smallest absolute Gasteiger partial charge is 0.255 e. The zero-order chi connectivity index (χ0) is 16.3. The first-order valence-corrected chi connectivity index (χ1v) is 8.93. The number of piperazine rings is 1. The van der Waals surface area contributed by atoms with Crippen molar-refractivity contribution in [2.45, 2.75) is 37.3 Å². The van der Waals surface area contributed by atoms with E-state index in [1.54, 1.807) is 11.8 Å². The van der Waals surface area contributed by atoms with Gasteiger partial charge in [-0.15, -0.1) is 11.8 Å². The van der Waals surface area contributed by atoms with Gasteiger partial charge in [-0.05, 0) is 39.2 Å². The molecular weight excluding hydrogens is 296 g/mol. The van der Waals surface area contributed by atoms with Crippen LogP contribution in [0.1, 0.15) is 31.1 Å². The SMILES string of the molecule is CSc1ccccc1C(=O)N1CCN(CC(C)(C)O)C[C@H]1C. The van der Waals surface area contributed by atoms with Crippen molar-refractivity contribution in [2.24, 2.45) is 0 Å². The molecule has 0 spiro atoms. The Morgan fingerprint density at radius 2 is 2.05 bits per heavy atom. The number of amides is 1. The molecule has 1 aromatic carbocycles. The predicted octanol–water partition coefficient (Wildman–Crippen LogP) is 2.33. The van der Waals surface area contributed by atoms with Crippen molar-refractivity contribution in [3.63, 3.8) is 0 Å². The molecule has 1 aliphatic rings. The molecule has 0 unspecified atom stereocenters. The van der Waals surface area contributed by atoms with E-state index < -0.39 is 5.60 Å². The van der Waals surface area contributed by atoms with Gasteiger partial charge in [-0.2, -0.15) is 0 Å². The second-order valence-electron chi connectivity index (χ2n) is 6.60. The second kappa shape index (κ2) is 7.02. The fraction of sp³-hybridized carbons (Fsp3) is 0.588. The van der Waals surface area contributed by atoms with Crippen molar-refractivity contribution in [1.29, 1.82) is 0 Å². The van der Waals surface area contributed by atoms with Crippen LogP contribution in [0.2, 0.25) is 0 Å². The van der Waals surface area contributed by atoms with E-state index in [4.69, 9.17) is 0 Å². The van der Waals surface area contributed by atoms with Gasteiger partial charge in [0.05, 0.1) is 11.2 Å². The number of rotatable bonds is 4. The number of carbonyl (C=O) groups is 1. The Bertz CT molecular complexity index is 528. The maximum atomic E-state index is 12.8. The Balaban J connectivity index is 2.07. The summed E-state index contributed by atoms with van der Waals surface area (Å²) in [6, 6.07) is 7.94. The van der Waals surface area contributed by atoms with E-state index >= 15 is 0 Å². The summed E-state index contributed by atoms with van der Waals surface area (Å²) in [5.41, 5.74) is 0.0925. The summed E-state index contributed by atoms with van der Waals surface area (Å²) in [5, 5.41) is 9.95. The highest BCUT2D eigenvalue weighted by molar-refractivity contribution is 7.98. The lowest BCUT2D eigenvalue weighted by Crippen LogP contribution is -2.56. The van der Waals surface area contributed by atoms with Gasteiger partial charge < -0.3 is 10.0 Å². The average molecular weight is 322 g/mol. The standard InChI is InChI=1S/C17H26N2O2S/c1-13-11-18(12-17(2,3)21)9-10-19(13)16(20)14-7-5-6-8-15(14)22-4/h5-8,13,21H,9-12H2,1-4H3/t13-/m1/s1. The van der Waals surface area contributed by atoms with E-state index in [2.05, 4.69) is 11.8 Å². The first-order valence-electron chi connectivity index (χ1n) is 7.70. The Kier molecular flexibility index (Phi) is 5.53. The number of nitrogens with zero attached hydrogens (tertiary/aromatic N) is 2. The number of aliphatic hydroxyl groups is 1. The topological polar surface area (TPSA) is 43.8 Å². The molecule has 1 aliphatic heterocycles. The van der Waals surface area contributed by atoms with Crippen LogP contribution in [0.4, 0.5) is 0 Å². The third-order valence-corrected chi connectivity index (χ3v) is 4.72. The van der Waals surface area contributed by atoms with Crippen LogP contribution in [0.5, 0.6) is 0 Å². The van der Waals surface area contributed by atoms with E-state index in [9.17, 15) is 9.90 Å². The first kappa shape index (κ1) is 17.3. The first-order chi connectivity index (χ1) is 10.3. The van der Waals surface area contributed by atoms with Gasteiger partial charge in [0.15, 0.2) is 0 Å². The zero-order valence-electron chi connectivity index (χ0n) is 13.9. The summed E-state index contributed by atoms with van der Waals surface area (Å²) in [6.45, 7) is 8.68. The molecular formula is C17H26N2O2S. The van der Waals surface area contributed by atoms with E-state index in [1.807, 2.05) is 49.3 Å². The van der Waals surface area contributed by atoms with Gasteiger partial charge in [0.25, 0.3) is 5.91 Å². The van der Waals surface area contributed by atoms with Gasteiger partial charge in [0.1, 0.15) is 0 Å². The third-order valence-electron chi connectivity index (χ3n) is 3.92. The molecule has 1 atom stereocenters. The normalized spacial score (nSPS) is 20.2. The summed E-state index contributed by atoms with van der Waals surface area (Å²) in [5.74, 6) is 0.111. The fourth-order valence-corrected chi connectivity index (χ4v) is 3.59. The Morgan fingerprint density at radius 1 is 1.36 bits per heavy atom. The molecule has 1 N–H and O–H groups in total. The molecule has 1 fully saturated rings. The van der Waals surface area contributed by atoms with Crippen molar-refractivity contribution in [3.8, 4) is 0 Å². The Hall–Kier alpha value is -1.04. The zero-order valence-corrected chi connectivity index (χ0v) is 14.7. The Morgan fingerprint density at radius 3 is 2.64 bits per heavy atom. The van der Waals surface area contributed by atoms with Crippen molar-refractivity contribution in [2.75, 3.05) is 32.4 Å². The van der Waals surface area contributed by atoms with Gasteiger partial charge in [0, 0.05) is 37.1 Å². The van der Waals surface area contributed by atoms with E-state index in [0.29, 0.717) is 13.1 Å². The summed E-state index contributed by atoms with van der Waals surface area (Å²) in [6.07, 6.45) is 2.00. The molecule has 0 aliphatic carbocycles. The minimum absolute atomic E-state index is 0.111. The molecule has 2 rings (SSSR count). The van der Waals surface area contributed by atoms with Gasteiger partial charge >= 0.3 is 0 Å². The molecule has 5 heteroatoms. The van der Waals surface area contributed by atoms with Gasteiger partial charge in [-0.1, -0.05) is 12.1 Å². The highest BCUT2D eigenvalue weighted by atomic mass is 32.2. The number of hydrogen-bond acceptors (Lipinski definition) is 4. The summed E-state index contributed by atoms with van der Waals surface area (Å²) in [4.78, 5) is 18.0. The second-order valence-corrected chi connectivity index (χ2v) is 7.44. The van der Waals surface area contributed by atoms with Crippen molar-refractivity contribution < 1.29 is 9.90 Å². The van der Waals surface area contributed by atoms with E-state index in [-0.39, 0.29) is 11.9 Å². The highest BCUT2D eigenvalue weighted by Gasteiger charge is 2.30. The molecule has 4 nitrogen and oxygen atoms in total. The molecule has 1 aromatic rings. The molecule has 0 bridgehead atoms. The van der Waals surface area contributed by atoms with Crippen LogP contribution in [0, 0.1) is 0 Å². The van der Waals surface area contributed by atoms with Gasteiger partial charge in [0.2, 0.25) is 0 Å². The number of benzene rings is 1. The number of β-amino-alcohol motifs (C(OH)–C–C–N with tert-alkyl or cyclic N) is 1. The average Bonchev–Trinajstić information content (AvgIpc) is 2.45. The molecule has 22 heavy (non-hydrogen) atoms. The minimum atomic E-state index is -0.697. The predicted molar refractivity (Wildman–Crippen MR) is 91.5 cm³/mol. The largest absolute Gasteiger partial charge is 0.389 e. The van der Waals surface area contributed by atoms with E-state index in [1.165, 1.54) is 0 Å². The summed E-state index contributed by atoms with van der Waals surface area (Å²) < 4.78 is 0. The van der Waals surface area contributed by atoms with Crippen LogP contribution >= 0.6 is 11.8 Å². The third kappa shape index (κ3) is 4.24. The highest BCUT2D eigenvalue weighted by Crippen LogP contribution is 2.23. The van der Waals surface area contributed by atoms with Crippen molar-refractivity contribution in [3.05, 3.63) is 29.8 Å². The number of carbonyl (C=O) groups excluding carboxylic acids is 1. The summed E-state index contributed by atoms with van der Waals surface area (Å²) in [7, 11) is 0. The van der Waals surface area contributed by atoms with Crippen LogP contribution in [0.25, 0.3) is 0 Å². The lowest BCUT2D eigenvalue weighted by atomic mass is 10.1. The molecule has 0 radical (unpaired) electrons. The van der Waals surface area contributed by atoms with E-state index in [0.717, 1.165) is 23.5 Å². The molecule has 1 amide bonds. The monoisotopic (exact) mass is 322 g/mol. The number of thioether (sulfide) groups is 1. The maximum absolute atomic E-state index is 12.8. The minimum Gasteiger partial charge on any atom is -0.389 e. The summed E-state index contributed by atoms with van der Waals surface area (Å²) >= 11 is 1.61. The lowest BCUT2D eigenvalue weighted by Gasteiger charge is -2.41. The maximum Gasteiger partial charge on any atom is 0.255 e. The number of hydrogen-bond donors (Lipinski definition) is 1. The van der Waals surface area contributed by atoms with Crippen molar-refractivity contribution in [1.82, 2.24) is 9.80 Å². The van der Waals surface area contributed by atoms with Crippen LogP contribution in [-0.2, 0) is 0 Å². The lowest BCUT2D eigenvalue weighted by molar-refractivity contribution is 0.00568. The quantitative estimate of drug-likeness (QED) is 0.864. The van der Waals surface area contributed by atoms with Crippen LogP contribution < -0.4 is 0 Å². The van der Waals surface area contributed by atoms with Crippen molar-refractivity contribution >= 4 is 17.7 Å². The van der Waals surface area contributed by atoms with Crippen LogP contribution in [0.15, 0.2) is 29.2 Å². The van der Waals surface area contributed by atoms with Crippen LogP contribution in [0.3, 0.4) is 0 Å². The van der Waals surface area contributed by atoms with Gasteiger partial charge in [-0.3, -0.25) is 9.69 Å². The molecule has 1 saturated heterocycles.